The first kappa shape index (κ1) is 12.3. The monoisotopic (exact) mass is 291 g/mol. The van der Waals surface area contributed by atoms with Crippen LogP contribution < -0.4 is 5.73 Å². The Labute approximate surface area is 120 Å². The lowest BCUT2D eigenvalue weighted by molar-refractivity contribution is 1.32. The van der Waals surface area contributed by atoms with Gasteiger partial charge in [-0.05, 0) is 42.8 Å². The number of rotatable bonds is 1. The fraction of sp³-hybridized carbons (Fsp3) is 0.0714. The minimum Gasteiger partial charge on any atom is -0.397 e. The minimum absolute atomic E-state index is 0.559. The molecule has 5 heteroatoms. The molecular formula is C14H11Cl2N3. The summed E-state index contributed by atoms with van der Waals surface area (Å²) in [4.78, 5) is 7.72. The van der Waals surface area contributed by atoms with E-state index in [0.717, 1.165) is 28.0 Å². The maximum absolute atomic E-state index is 6.07. The highest BCUT2D eigenvalue weighted by atomic mass is 35.5. The molecule has 3 nitrogen and oxygen atoms in total. The number of halogens is 2. The summed E-state index contributed by atoms with van der Waals surface area (Å²) in [6.07, 6.45) is 0. The van der Waals surface area contributed by atoms with Crippen molar-refractivity contribution in [3.8, 4) is 11.4 Å². The number of anilines is 1. The number of imidazole rings is 1. The molecule has 0 unspecified atom stereocenters. The standard InChI is InChI=1S/C14H11Cl2N3/c1-7-2-8(4-9(15)3-7)14-18-12-6-10(16)5-11(17)13(12)19-14/h2-6H,17H2,1H3,(H,18,19). The van der Waals surface area contributed by atoms with Gasteiger partial charge in [0.2, 0.25) is 0 Å². The van der Waals surface area contributed by atoms with Crippen molar-refractivity contribution < 1.29 is 0 Å². The largest absolute Gasteiger partial charge is 0.397 e. The van der Waals surface area contributed by atoms with Gasteiger partial charge in [-0.2, -0.15) is 0 Å². The van der Waals surface area contributed by atoms with Crippen LogP contribution in [-0.4, -0.2) is 9.97 Å². The van der Waals surface area contributed by atoms with E-state index in [2.05, 4.69) is 9.97 Å². The molecular weight excluding hydrogens is 281 g/mol. The van der Waals surface area contributed by atoms with Crippen molar-refractivity contribution in [2.24, 2.45) is 0 Å². The van der Waals surface area contributed by atoms with Gasteiger partial charge in [-0.1, -0.05) is 23.2 Å². The molecule has 96 valence electrons. The van der Waals surface area contributed by atoms with Crippen molar-refractivity contribution in [2.75, 3.05) is 5.73 Å². The predicted molar refractivity (Wildman–Crippen MR) is 80.7 cm³/mol. The van der Waals surface area contributed by atoms with Crippen LogP contribution in [0.5, 0.6) is 0 Å². The number of fused-ring (bicyclic) bond motifs is 1. The molecule has 0 radical (unpaired) electrons. The van der Waals surface area contributed by atoms with Gasteiger partial charge in [0.25, 0.3) is 0 Å². The normalized spacial score (nSPS) is 11.1. The number of benzene rings is 2. The third kappa shape index (κ3) is 2.27. The molecule has 0 aliphatic carbocycles. The Hall–Kier alpha value is -1.71. The second-order valence-corrected chi connectivity index (χ2v) is 5.37. The summed E-state index contributed by atoms with van der Waals surface area (Å²) in [6, 6.07) is 9.28. The molecule has 0 saturated heterocycles. The lowest BCUT2D eigenvalue weighted by Crippen LogP contribution is -1.86. The first-order valence-corrected chi connectivity index (χ1v) is 6.51. The van der Waals surface area contributed by atoms with Crippen LogP contribution in [0.2, 0.25) is 10.0 Å². The van der Waals surface area contributed by atoms with Crippen LogP contribution in [-0.2, 0) is 0 Å². The zero-order valence-corrected chi connectivity index (χ0v) is 11.7. The molecule has 0 aliphatic heterocycles. The molecule has 2 aromatic carbocycles. The van der Waals surface area contributed by atoms with Gasteiger partial charge < -0.3 is 10.7 Å². The van der Waals surface area contributed by atoms with Gasteiger partial charge in [0, 0.05) is 15.6 Å². The van der Waals surface area contributed by atoms with Crippen LogP contribution >= 0.6 is 23.2 Å². The number of H-pyrrole nitrogens is 1. The molecule has 1 aromatic heterocycles. The van der Waals surface area contributed by atoms with Gasteiger partial charge in [-0.15, -0.1) is 0 Å². The van der Waals surface area contributed by atoms with Crippen molar-refractivity contribution in [3.63, 3.8) is 0 Å². The fourth-order valence-corrected chi connectivity index (χ4v) is 2.63. The Bertz CT molecular complexity index is 757. The molecule has 0 spiro atoms. The maximum Gasteiger partial charge on any atom is 0.138 e. The molecule has 0 saturated carbocycles. The first-order valence-electron chi connectivity index (χ1n) is 5.75. The van der Waals surface area contributed by atoms with E-state index in [1.807, 2.05) is 25.1 Å². The molecule has 3 aromatic rings. The van der Waals surface area contributed by atoms with E-state index in [0.29, 0.717) is 15.7 Å². The van der Waals surface area contributed by atoms with Crippen LogP contribution in [0.1, 0.15) is 5.56 Å². The fourth-order valence-electron chi connectivity index (χ4n) is 2.12. The third-order valence-corrected chi connectivity index (χ3v) is 3.33. The molecule has 0 atom stereocenters. The Morgan fingerprint density at radius 3 is 2.53 bits per heavy atom. The number of nitrogens with two attached hydrogens (primary N) is 1. The van der Waals surface area contributed by atoms with Gasteiger partial charge in [0.15, 0.2) is 0 Å². The second kappa shape index (κ2) is 4.44. The zero-order valence-electron chi connectivity index (χ0n) is 10.2. The van der Waals surface area contributed by atoms with Crippen LogP contribution in [0.15, 0.2) is 30.3 Å². The van der Waals surface area contributed by atoms with Crippen LogP contribution in [0, 0.1) is 6.92 Å². The molecule has 0 amide bonds. The van der Waals surface area contributed by atoms with Crippen LogP contribution in [0.25, 0.3) is 22.4 Å². The number of aromatic amines is 1. The van der Waals surface area contributed by atoms with Crippen molar-refractivity contribution >= 4 is 39.9 Å². The lowest BCUT2D eigenvalue weighted by atomic mass is 10.1. The SMILES string of the molecule is Cc1cc(Cl)cc(-c2nc3c(N)cc(Cl)cc3[nH]2)c1. The molecule has 0 fully saturated rings. The maximum atomic E-state index is 6.07. The summed E-state index contributed by atoms with van der Waals surface area (Å²) in [5.41, 5.74) is 10.0. The van der Waals surface area contributed by atoms with Gasteiger partial charge in [0.1, 0.15) is 11.3 Å². The third-order valence-electron chi connectivity index (χ3n) is 2.90. The summed E-state index contributed by atoms with van der Waals surface area (Å²) in [7, 11) is 0. The van der Waals surface area contributed by atoms with E-state index in [9.17, 15) is 0 Å². The molecule has 0 aliphatic rings. The average molecular weight is 292 g/mol. The van der Waals surface area contributed by atoms with E-state index < -0.39 is 0 Å². The average Bonchev–Trinajstić information content (AvgIpc) is 2.71. The first-order chi connectivity index (χ1) is 9.02. The van der Waals surface area contributed by atoms with Gasteiger partial charge in [0.05, 0.1) is 11.2 Å². The summed E-state index contributed by atoms with van der Waals surface area (Å²) >= 11 is 12.0. The Kier molecular flexibility index (Phi) is 2.88. The highest BCUT2D eigenvalue weighted by Gasteiger charge is 2.09. The van der Waals surface area contributed by atoms with Gasteiger partial charge >= 0.3 is 0 Å². The van der Waals surface area contributed by atoms with Crippen LogP contribution in [0.4, 0.5) is 5.69 Å². The van der Waals surface area contributed by atoms with Gasteiger partial charge in [-0.3, -0.25) is 0 Å². The number of aromatic nitrogens is 2. The molecule has 3 N–H and O–H groups in total. The van der Waals surface area contributed by atoms with Crippen LogP contribution in [0.3, 0.4) is 0 Å². The van der Waals surface area contributed by atoms with E-state index in [1.165, 1.54) is 0 Å². The topological polar surface area (TPSA) is 54.7 Å². The highest BCUT2D eigenvalue weighted by Crippen LogP contribution is 2.29. The Balaban J connectivity index is 2.23. The number of nitrogens with zero attached hydrogens (tertiary/aromatic N) is 1. The van der Waals surface area contributed by atoms with E-state index in [4.69, 9.17) is 28.9 Å². The molecule has 19 heavy (non-hydrogen) atoms. The van der Waals surface area contributed by atoms with Crippen molar-refractivity contribution in [1.82, 2.24) is 9.97 Å². The van der Waals surface area contributed by atoms with E-state index in [-0.39, 0.29) is 0 Å². The number of nitrogens with one attached hydrogen (secondary N) is 1. The molecule has 0 bridgehead atoms. The minimum atomic E-state index is 0.559. The highest BCUT2D eigenvalue weighted by molar-refractivity contribution is 6.32. The number of aryl methyl sites for hydroxylation is 1. The summed E-state index contributed by atoms with van der Waals surface area (Å²) in [5.74, 6) is 0.731. The van der Waals surface area contributed by atoms with Gasteiger partial charge in [-0.25, -0.2) is 4.98 Å². The summed E-state index contributed by atoms with van der Waals surface area (Å²) in [6.45, 7) is 1.99. The van der Waals surface area contributed by atoms with E-state index >= 15 is 0 Å². The molecule has 1 heterocycles. The predicted octanol–water partition coefficient (Wildman–Crippen LogP) is 4.43. The quantitative estimate of drug-likeness (QED) is 0.652. The Morgan fingerprint density at radius 1 is 1.05 bits per heavy atom. The second-order valence-electron chi connectivity index (χ2n) is 4.49. The Morgan fingerprint density at radius 2 is 1.79 bits per heavy atom. The zero-order chi connectivity index (χ0) is 13.6. The van der Waals surface area contributed by atoms with E-state index in [1.54, 1.807) is 12.1 Å². The lowest BCUT2D eigenvalue weighted by Gasteiger charge is -2.00. The van der Waals surface area contributed by atoms with Crippen molar-refractivity contribution in [1.29, 1.82) is 0 Å². The smallest absolute Gasteiger partial charge is 0.138 e. The summed E-state index contributed by atoms with van der Waals surface area (Å²) < 4.78 is 0. The number of hydrogen-bond donors (Lipinski definition) is 2. The number of hydrogen-bond acceptors (Lipinski definition) is 2. The number of nitrogen functional groups attached to an aromatic ring is 1. The summed E-state index contributed by atoms with van der Waals surface area (Å²) in [5, 5.41) is 1.27. The van der Waals surface area contributed by atoms with Crippen molar-refractivity contribution in [3.05, 3.63) is 45.9 Å². The van der Waals surface area contributed by atoms with Crippen molar-refractivity contribution in [2.45, 2.75) is 6.92 Å². The molecule has 3 rings (SSSR count).